The fraction of sp³-hybridized carbons (Fsp3) is 0.500. The van der Waals surface area contributed by atoms with E-state index in [1.807, 2.05) is 18.2 Å². The average molecular weight is 309 g/mol. The van der Waals surface area contributed by atoms with Gasteiger partial charge in [0.05, 0.1) is 5.75 Å². The van der Waals surface area contributed by atoms with Gasteiger partial charge in [-0.25, -0.2) is 0 Å². The lowest BCUT2D eigenvalue weighted by atomic mass is 9.85. The zero-order valence-corrected chi connectivity index (χ0v) is 13.4. The van der Waals surface area contributed by atoms with Crippen LogP contribution < -0.4 is 5.32 Å². The summed E-state index contributed by atoms with van der Waals surface area (Å²) >= 11 is 1.31. The Labute approximate surface area is 130 Å². The lowest BCUT2D eigenvalue weighted by molar-refractivity contribution is -0.133. The van der Waals surface area contributed by atoms with Gasteiger partial charge in [0.15, 0.2) is 0 Å². The molecule has 0 heterocycles. The van der Waals surface area contributed by atoms with Crippen molar-refractivity contribution < 1.29 is 14.7 Å². The van der Waals surface area contributed by atoms with Gasteiger partial charge in [0.1, 0.15) is 0 Å². The van der Waals surface area contributed by atoms with E-state index in [0.717, 1.165) is 0 Å². The van der Waals surface area contributed by atoms with Crippen molar-refractivity contribution in [2.24, 2.45) is 5.92 Å². The van der Waals surface area contributed by atoms with Crippen molar-refractivity contribution in [3.8, 4) is 0 Å². The summed E-state index contributed by atoms with van der Waals surface area (Å²) in [6.45, 7) is 4.75. The fourth-order valence-corrected chi connectivity index (χ4v) is 2.70. The summed E-state index contributed by atoms with van der Waals surface area (Å²) in [4.78, 5) is 22.4. The van der Waals surface area contributed by atoms with Crippen molar-refractivity contribution in [1.29, 1.82) is 0 Å². The number of carbonyl (C=O) groups is 2. The topological polar surface area (TPSA) is 66.4 Å². The van der Waals surface area contributed by atoms with Crippen molar-refractivity contribution in [3.63, 3.8) is 0 Å². The maximum absolute atomic E-state index is 12.0. The first-order chi connectivity index (χ1) is 10.0. The first-order valence-electron chi connectivity index (χ1n) is 7.12. The maximum Gasteiger partial charge on any atom is 0.313 e. The summed E-state index contributed by atoms with van der Waals surface area (Å²) in [5.74, 6) is 0.491. The molecule has 0 bridgehead atoms. The molecule has 1 amide bonds. The number of benzene rings is 1. The second-order valence-corrected chi connectivity index (χ2v) is 6.37. The summed E-state index contributed by atoms with van der Waals surface area (Å²) in [7, 11) is 0. The minimum absolute atomic E-state index is 0.0217. The summed E-state index contributed by atoms with van der Waals surface area (Å²) < 4.78 is 0. The molecule has 5 heteroatoms. The molecule has 116 valence electrons. The third-order valence-corrected chi connectivity index (χ3v) is 4.18. The highest BCUT2D eigenvalue weighted by Crippen LogP contribution is 2.27. The third-order valence-electron chi connectivity index (χ3n) is 3.23. The molecule has 0 spiro atoms. The van der Waals surface area contributed by atoms with Gasteiger partial charge in [0.25, 0.3) is 0 Å². The van der Waals surface area contributed by atoms with Crippen LogP contribution in [0.25, 0.3) is 0 Å². The van der Waals surface area contributed by atoms with Crippen LogP contribution >= 0.6 is 11.8 Å². The quantitative estimate of drug-likeness (QED) is 0.688. The van der Waals surface area contributed by atoms with Crippen molar-refractivity contribution in [2.75, 3.05) is 18.1 Å². The summed E-state index contributed by atoms with van der Waals surface area (Å²) in [6, 6.07) is 10.1. The van der Waals surface area contributed by atoms with Crippen LogP contribution in [0.1, 0.15) is 31.7 Å². The van der Waals surface area contributed by atoms with Crippen LogP contribution in [0.15, 0.2) is 30.3 Å². The molecule has 0 aliphatic heterocycles. The molecular weight excluding hydrogens is 286 g/mol. The van der Waals surface area contributed by atoms with Crippen LogP contribution in [0.2, 0.25) is 0 Å². The van der Waals surface area contributed by atoms with Crippen LogP contribution in [0, 0.1) is 5.92 Å². The van der Waals surface area contributed by atoms with Crippen molar-refractivity contribution in [1.82, 2.24) is 5.32 Å². The molecule has 1 aromatic rings. The maximum atomic E-state index is 12.0. The molecule has 0 radical (unpaired) electrons. The van der Waals surface area contributed by atoms with Crippen LogP contribution in [0.5, 0.6) is 0 Å². The largest absolute Gasteiger partial charge is 0.481 e. The van der Waals surface area contributed by atoms with Gasteiger partial charge in [-0.1, -0.05) is 44.2 Å². The van der Waals surface area contributed by atoms with E-state index in [9.17, 15) is 9.59 Å². The second kappa shape index (κ2) is 9.45. The summed E-state index contributed by atoms with van der Waals surface area (Å²) in [5, 5.41) is 11.4. The van der Waals surface area contributed by atoms with Gasteiger partial charge in [0.2, 0.25) is 5.91 Å². The van der Waals surface area contributed by atoms with Crippen LogP contribution in [-0.4, -0.2) is 35.0 Å². The number of carbonyl (C=O) groups excluding carboxylic acids is 1. The summed E-state index contributed by atoms with van der Waals surface area (Å²) in [6.07, 6.45) is 0.464. The standard InChI is InChI=1S/C16H23NO3S/c1-12(2)14(13-6-4-3-5-7-13)10-15(18)17-8-9-21-11-16(19)20/h3-7,12,14H,8-11H2,1-2H3,(H,17,18)(H,19,20). The van der Waals surface area contributed by atoms with Crippen LogP contribution in [0.4, 0.5) is 0 Å². The fourth-order valence-electron chi connectivity index (χ4n) is 2.13. The van der Waals surface area contributed by atoms with E-state index < -0.39 is 5.97 Å². The van der Waals surface area contributed by atoms with Crippen molar-refractivity contribution in [3.05, 3.63) is 35.9 Å². The summed E-state index contributed by atoms with van der Waals surface area (Å²) in [5.41, 5.74) is 1.18. The minimum atomic E-state index is -0.824. The Hall–Kier alpha value is -1.49. The molecule has 0 aliphatic carbocycles. The Morgan fingerprint density at radius 3 is 2.48 bits per heavy atom. The number of thioether (sulfide) groups is 1. The van der Waals surface area contributed by atoms with E-state index >= 15 is 0 Å². The molecule has 0 aliphatic rings. The molecule has 0 saturated heterocycles. The smallest absolute Gasteiger partial charge is 0.313 e. The molecule has 0 saturated carbocycles. The zero-order chi connectivity index (χ0) is 15.7. The van der Waals surface area contributed by atoms with Crippen molar-refractivity contribution >= 4 is 23.6 Å². The average Bonchev–Trinajstić information content (AvgIpc) is 2.44. The predicted octanol–water partition coefficient (Wildman–Crippen LogP) is 2.75. The van der Waals surface area contributed by atoms with E-state index in [1.165, 1.54) is 17.3 Å². The monoisotopic (exact) mass is 309 g/mol. The van der Waals surface area contributed by atoms with Gasteiger partial charge in [-0.15, -0.1) is 11.8 Å². The Kier molecular flexibility index (Phi) is 7.90. The molecule has 1 rings (SSSR count). The van der Waals surface area contributed by atoms with Gasteiger partial charge in [-0.05, 0) is 17.4 Å². The normalized spacial score (nSPS) is 12.1. The minimum Gasteiger partial charge on any atom is -0.481 e. The molecule has 21 heavy (non-hydrogen) atoms. The molecule has 0 aromatic heterocycles. The first kappa shape index (κ1) is 17.6. The number of amides is 1. The van der Waals surface area contributed by atoms with E-state index in [2.05, 4.69) is 31.3 Å². The number of hydrogen-bond donors (Lipinski definition) is 2. The van der Waals surface area contributed by atoms with Crippen LogP contribution in [-0.2, 0) is 9.59 Å². The lowest BCUT2D eigenvalue weighted by Gasteiger charge is -2.21. The number of carboxylic acids is 1. The molecule has 1 aromatic carbocycles. The lowest BCUT2D eigenvalue weighted by Crippen LogP contribution is -2.28. The Morgan fingerprint density at radius 2 is 1.90 bits per heavy atom. The van der Waals surface area contributed by atoms with E-state index in [4.69, 9.17) is 5.11 Å². The Balaban J connectivity index is 2.38. The highest BCUT2D eigenvalue weighted by atomic mass is 32.2. The van der Waals surface area contributed by atoms with Gasteiger partial charge in [0, 0.05) is 18.7 Å². The SMILES string of the molecule is CC(C)C(CC(=O)NCCSCC(=O)O)c1ccccc1. The van der Waals surface area contributed by atoms with Gasteiger partial charge < -0.3 is 10.4 Å². The van der Waals surface area contributed by atoms with Crippen molar-refractivity contribution in [2.45, 2.75) is 26.2 Å². The molecule has 4 nitrogen and oxygen atoms in total. The Morgan fingerprint density at radius 1 is 1.24 bits per heavy atom. The molecule has 2 N–H and O–H groups in total. The number of aliphatic carboxylic acids is 1. The highest BCUT2D eigenvalue weighted by Gasteiger charge is 2.19. The zero-order valence-electron chi connectivity index (χ0n) is 12.5. The predicted molar refractivity (Wildman–Crippen MR) is 86.6 cm³/mol. The van der Waals surface area contributed by atoms with Gasteiger partial charge >= 0.3 is 5.97 Å². The Bertz CT molecular complexity index is 448. The van der Waals surface area contributed by atoms with E-state index in [0.29, 0.717) is 24.6 Å². The number of carboxylic acid groups (broad SMARTS) is 1. The molecule has 1 unspecified atom stereocenters. The molecule has 1 atom stereocenters. The molecule has 0 fully saturated rings. The second-order valence-electron chi connectivity index (χ2n) is 5.26. The van der Waals surface area contributed by atoms with E-state index in [-0.39, 0.29) is 17.6 Å². The number of nitrogens with one attached hydrogen (secondary N) is 1. The number of hydrogen-bond acceptors (Lipinski definition) is 3. The van der Waals surface area contributed by atoms with Gasteiger partial charge in [-0.2, -0.15) is 0 Å². The van der Waals surface area contributed by atoms with Crippen LogP contribution in [0.3, 0.4) is 0 Å². The van der Waals surface area contributed by atoms with Gasteiger partial charge in [-0.3, -0.25) is 9.59 Å². The molecular formula is C16H23NO3S. The first-order valence-corrected chi connectivity index (χ1v) is 8.27. The highest BCUT2D eigenvalue weighted by molar-refractivity contribution is 7.99. The van der Waals surface area contributed by atoms with E-state index in [1.54, 1.807) is 0 Å². The number of rotatable bonds is 9. The third kappa shape index (κ3) is 7.18.